The van der Waals surface area contributed by atoms with Gasteiger partial charge in [0.1, 0.15) is 0 Å². The van der Waals surface area contributed by atoms with Gasteiger partial charge in [-0.15, -0.1) is 0 Å². The average Bonchev–Trinajstić information content (AvgIpc) is 3.15. The number of carbonyl (C=O) groups is 1. The van der Waals surface area contributed by atoms with E-state index < -0.39 is 0 Å². The standard InChI is InChI=1S/C20H25N3O2/c1-23(15-16-6-3-2-4-7-16)18-11-9-17(10-12-18)22-20(24)21-14-19-8-5-13-25-19/h2-4,6-7,9-12,19H,5,8,13-15H2,1H3,(H2,21,22,24). The van der Waals surface area contributed by atoms with Crippen LogP contribution in [0.4, 0.5) is 16.2 Å². The normalized spacial score (nSPS) is 16.4. The van der Waals surface area contributed by atoms with Crippen LogP contribution in [0, 0.1) is 0 Å². The Balaban J connectivity index is 1.48. The largest absolute Gasteiger partial charge is 0.376 e. The minimum absolute atomic E-state index is 0.153. The molecule has 3 rings (SSSR count). The van der Waals surface area contributed by atoms with Crippen molar-refractivity contribution in [3.8, 4) is 0 Å². The van der Waals surface area contributed by atoms with Crippen molar-refractivity contribution in [1.82, 2.24) is 5.32 Å². The van der Waals surface area contributed by atoms with Gasteiger partial charge in [0.05, 0.1) is 6.10 Å². The van der Waals surface area contributed by atoms with E-state index in [4.69, 9.17) is 4.74 Å². The maximum Gasteiger partial charge on any atom is 0.319 e. The molecule has 2 aromatic rings. The lowest BCUT2D eigenvalue weighted by Gasteiger charge is -2.20. The second-order valence-corrected chi connectivity index (χ2v) is 6.36. The van der Waals surface area contributed by atoms with Gasteiger partial charge in [0.15, 0.2) is 0 Å². The third kappa shape index (κ3) is 5.22. The molecule has 2 aromatic carbocycles. The van der Waals surface area contributed by atoms with Gasteiger partial charge in [0.2, 0.25) is 0 Å². The zero-order valence-corrected chi connectivity index (χ0v) is 14.6. The summed E-state index contributed by atoms with van der Waals surface area (Å²) in [6, 6.07) is 18.0. The van der Waals surface area contributed by atoms with Crippen molar-refractivity contribution in [2.45, 2.75) is 25.5 Å². The lowest BCUT2D eigenvalue weighted by Crippen LogP contribution is -2.35. The summed E-state index contributed by atoms with van der Waals surface area (Å²) in [5.74, 6) is 0. The predicted octanol–water partition coefficient (Wildman–Crippen LogP) is 3.62. The lowest BCUT2D eigenvalue weighted by molar-refractivity contribution is 0.112. The SMILES string of the molecule is CN(Cc1ccccc1)c1ccc(NC(=O)NCC2CCCO2)cc1. The monoisotopic (exact) mass is 339 g/mol. The molecule has 25 heavy (non-hydrogen) atoms. The van der Waals surface area contributed by atoms with Crippen LogP contribution < -0.4 is 15.5 Å². The van der Waals surface area contributed by atoms with Gasteiger partial charge in [-0.1, -0.05) is 30.3 Å². The molecule has 0 spiro atoms. The van der Waals surface area contributed by atoms with Crippen LogP contribution in [0.2, 0.25) is 0 Å². The summed E-state index contributed by atoms with van der Waals surface area (Å²) in [4.78, 5) is 14.1. The van der Waals surface area contributed by atoms with E-state index in [1.54, 1.807) is 0 Å². The van der Waals surface area contributed by atoms with Gasteiger partial charge < -0.3 is 20.3 Å². The Labute approximate surface area is 149 Å². The van der Waals surface area contributed by atoms with E-state index in [1.807, 2.05) is 42.5 Å². The van der Waals surface area contributed by atoms with Crippen molar-refractivity contribution in [2.24, 2.45) is 0 Å². The molecule has 1 aliphatic heterocycles. The number of benzene rings is 2. The zero-order chi connectivity index (χ0) is 17.5. The van der Waals surface area contributed by atoms with Gasteiger partial charge in [-0.25, -0.2) is 4.79 Å². The van der Waals surface area contributed by atoms with Gasteiger partial charge in [-0.05, 0) is 42.7 Å². The van der Waals surface area contributed by atoms with Crippen molar-refractivity contribution >= 4 is 17.4 Å². The molecule has 0 saturated carbocycles. The molecule has 0 bridgehead atoms. The molecular weight excluding hydrogens is 314 g/mol. The Morgan fingerprint density at radius 3 is 2.60 bits per heavy atom. The smallest absolute Gasteiger partial charge is 0.319 e. The Bertz CT molecular complexity index is 667. The van der Waals surface area contributed by atoms with Crippen molar-refractivity contribution in [3.63, 3.8) is 0 Å². The van der Waals surface area contributed by atoms with E-state index in [2.05, 4.69) is 34.7 Å². The molecule has 0 radical (unpaired) electrons. The first kappa shape index (κ1) is 17.3. The van der Waals surface area contributed by atoms with Crippen molar-refractivity contribution in [2.75, 3.05) is 30.4 Å². The molecule has 0 aromatic heterocycles. The number of nitrogens with zero attached hydrogens (tertiary/aromatic N) is 1. The quantitative estimate of drug-likeness (QED) is 0.845. The first-order chi connectivity index (χ1) is 12.2. The maximum absolute atomic E-state index is 11.9. The fraction of sp³-hybridized carbons (Fsp3) is 0.350. The number of nitrogens with one attached hydrogen (secondary N) is 2. The first-order valence-corrected chi connectivity index (χ1v) is 8.72. The van der Waals surface area contributed by atoms with E-state index in [9.17, 15) is 4.79 Å². The lowest BCUT2D eigenvalue weighted by atomic mass is 10.2. The number of rotatable bonds is 6. The molecule has 5 nitrogen and oxygen atoms in total. The minimum atomic E-state index is -0.194. The van der Waals surface area contributed by atoms with Crippen LogP contribution >= 0.6 is 0 Å². The summed E-state index contributed by atoms with van der Waals surface area (Å²) in [5, 5.41) is 5.72. The molecule has 2 amide bonds. The van der Waals surface area contributed by atoms with E-state index in [-0.39, 0.29) is 12.1 Å². The predicted molar refractivity (Wildman–Crippen MR) is 101 cm³/mol. The Hall–Kier alpha value is -2.53. The van der Waals surface area contributed by atoms with E-state index in [0.29, 0.717) is 6.54 Å². The van der Waals surface area contributed by atoms with Crippen molar-refractivity contribution in [3.05, 3.63) is 60.2 Å². The fourth-order valence-electron chi connectivity index (χ4n) is 2.93. The average molecular weight is 339 g/mol. The van der Waals surface area contributed by atoms with Gasteiger partial charge >= 0.3 is 6.03 Å². The number of anilines is 2. The molecule has 5 heteroatoms. The molecule has 1 saturated heterocycles. The molecule has 1 unspecified atom stereocenters. The highest BCUT2D eigenvalue weighted by Gasteiger charge is 2.16. The fourth-order valence-corrected chi connectivity index (χ4v) is 2.93. The van der Waals surface area contributed by atoms with Crippen LogP contribution in [-0.2, 0) is 11.3 Å². The van der Waals surface area contributed by atoms with Crippen LogP contribution in [0.3, 0.4) is 0 Å². The molecule has 1 heterocycles. The van der Waals surface area contributed by atoms with E-state index >= 15 is 0 Å². The summed E-state index contributed by atoms with van der Waals surface area (Å²) >= 11 is 0. The number of carbonyl (C=O) groups excluding carboxylic acids is 1. The maximum atomic E-state index is 11.9. The highest BCUT2D eigenvalue weighted by molar-refractivity contribution is 5.89. The highest BCUT2D eigenvalue weighted by Crippen LogP contribution is 2.19. The molecule has 132 valence electrons. The third-order valence-electron chi connectivity index (χ3n) is 4.34. The summed E-state index contributed by atoms with van der Waals surface area (Å²) < 4.78 is 5.50. The summed E-state index contributed by atoms with van der Waals surface area (Å²) in [5.41, 5.74) is 3.15. The third-order valence-corrected chi connectivity index (χ3v) is 4.34. The molecule has 0 aliphatic carbocycles. The zero-order valence-electron chi connectivity index (χ0n) is 14.6. The van der Waals surface area contributed by atoms with Crippen LogP contribution in [0.25, 0.3) is 0 Å². The van der Waals surface area contributed by atoms with Crippen LogP contribution in [0.15, 0.2) is 54.6 Å². The number of urea groups is 1. The van der Waals surface area contributed by atoms with E-state index in [0.717, 1.165) is 37.4 Å². The van der Waals surface area contributed by atoms with Gasteiger partial charge in [-0.2, -0.15) is 0 Å². The van der Waals surface area contributed by atoms with Crippen LogP contribution in [-0.4, -0.2) is 32.3 Å². The topological polar surface area (TPSA) is 53.6 Å². The minimum Gasteiger partial charge on any atom is -0.376 e. The number of hydrogen-bond donors (Lipinski definition) is 2. The second-order valence-electron chi connectivity index (χ2n) is 6.36. The number of hydrogen-bond acceptors (Lipinski definition) is 3. The second kappa shape index (κ2) is 8.53. The van der Waals surface area contributed by atoms with E-state index in [1.165, 1.54) is 5.56 Å². The Morgan fingerprint density at radius 1 is 1.16 bits per heavy atom. The Kier molecular flexibility index (Phi) is 5.90. The Morgan fingerprint density at radius 2 is 1.92 bits per heavy atom. The van der Waals surface area contributed by atoms with Gasteiger partial charge in [0, 0.05) is 38.1 Å². The van der Waals surface area contributed by atoms with Crippen molar-refractivity contribution < 1.29 is 9.53 Å². The number of ether oxygens (including phenoxy) is 1. The number of amides is 2. The molecular formula is C20H25N3O2. The summed E-state index contributed by atoms with van der Waals surface area (Å²) in [6.07, 6.45) is 2.24. The van der Waals surface area contributed by atoms with Gasteiger partial charge in [0.25, 0.3) is 0 Å². The van der Waals surface area contributed by atoms with Crippen LogP contribution in [0.5, 0.6) is 0 Å². The summed E-state index contributed by atoms with van der Waals surface area (Å²) in [6.45, 7) is 2.20. The highest BCUT2D eigenvalue weighted by atomic mass is 16.5. The molecule has 1 aliphatic rings. The van der Waals surface area contributed by atoms with Crippen molar-refractivity contribution in [1.29, 1.82) is 0 Å². The molecule has 2 N–H and O–H groups in total. The summed E-state index contributed by atoms with van der Waals surface area (Å²) in [7, 11) is 2.06. The van der Waals surface area contributed by atoms with Gasteiger partial charge in [-0.3, -0.25) is 0 Å². The molecule has 1 atom stereocenters. The molecule has 1 fully saturated rings. The van der Waals surface area contributed by atoms with Crippen LogP contribution in [0.1, 0.15) is 18.4 Å². The first-order valence-electron chi connectivity index (χ1n) is 8.72.